The second-order valence-electron chi connectivity index (χ2n) is 3.22. The summed E-state index contributed by atoms with van der Waals surface area (Å²) in [6.07, 6.45) is 0.495. The van der Waals surface area contributed by atoms with Gasteiger partial charge in [0.1, 0.15) is 0 Å². The zero-order valence-electron chi connectivity index (χ0n) is 8.73. The van der Waals surface area contributed by atoms with E-state index in [1.54, 1.807) is 0 Å². The first-order valence-electron chi connectivity index (χ1n) is 4.75. The molecule has 0 amide bonds. The van der Waals surface area contributed by atoms with Crippen LogP contribution in [0.15, 0.2) is 12.1 Å². The van der Waals surface area contributed by atoms with Crippen LogP contribution in [0.25, 0.3) is 0 Å². The highest BCUT2D eigenvalue weighted by atomic mass is 35.5. The molecule has 0 bridgehead atoms. The van der Waals surface area contributed by atoms with Crippen molar-refractivity contribution >= 4 is 17.4 Å². The molecule has 0 saturated heterocycles. The highest BCUT2D eigenvalue weighted by Gasteiger charge is 2.14. The van der Waals surface area contributed by atoms with Gasteiger partial charge in [0.2, 0.25) is 0 Å². The smallest absolute Gasteiger partial charge is 0.190 e. The van der Waals surface area contributed by atoms with Crippen LogP contribution in [0.5, 0.6) is 5.75 Å². The van der Waals surface area contributed by atoms with Crippen LogP contribution in [0.3, 0.4) is 0 Å². The van der Waals surface area contributed by atoms with Crippen LogP contribution < -0.4 is 4.74 Å². The van der Waals surface area contributed by atoms with Gasteiger partial charge in [0, 0.05) is 11.4 Å². The molecule has 1 aromatic carbocycles. The molecule has 0 heterocycles. The van der Waals surface area contributed by atoms with Crippen molar-refractivity contribution in [3.8, 4) is 5.75 Å². The van der Waals surface area contributed by atoms with Crippen LogP contribution >= 0.6 is 11.6 Å². The monoisotopic (exact) mass is 248 g/mol. The lowest BCUT2D eigenvalue weighted by molar-refractivity contribution is 0.101. The standard InChI is InChI=1S/C11H11ClF2O2/c1-7(15)8-5-9(13)11(10(14)6-8)16-4-2-3-12/h5-6H,2-4H2,1H3. The second kappa shape index (κ2) is 5.80. The highest BCUT2D eigenvalue weighted by molar-refractivity contribution is 6.17. The number of benzene rings is 1. The maximum Gasteiger partial charge on any atom is 0.190 e. The number of alkyl halides is 1. The number of hydrogen-bond donors (Lipinski definition) is 0. The molecule has 0 fully saturated rings. The third-order valence-electron chi connectivity index (χ3n) is 1.93. The van der Waals surface area contributed by atoms with Crippen molar-refractivity contribution in [2.24, 2.45) is 0 Å². The Morgan fingerprint density at radius 1 is 1.38 bits per heavy atom. The van der Waals surface area contributed by atoms with Crippen LogP contribution in [-0.2, 0) is 0 Å². The summed E-state index contributed by atoms with van der Waals surface area (Å²) in [4.78, 5) is 10.9. The minimum absolute atomic E-state index is 0.0142. The van der Waals surface area contributed by atoms with Crippen molar-refractivity contribution < 1.29 is 18.3 Å². The Morgan fingerprint density at radius 2 is 1.94 bits per heavy atom. The summed E-state index contributed by atoms with van der Waals surface area (Å²) in [5.74, 6) is -2.26. The average Bonchev–Trinajstić information content (AvgIpc) is 2.21. The quantitative estimate of drug-likeness (QED) is 0.455. The highest BCUT2D eigenvalue weighted by Crippen LogP contribution is 2.23. The largest absolute Gasteiger partial charge is 0.488 e. The SMILES string of the molecule is CC(=O)c1cc(F)c(OCCCCl)c(F)c1. The Morgan fingerprint density at radius 3 is 2.38 bits per heavy atom. The van der Waals surface area contributed by atoms with E-state index >= 15 is 0 Å². The lowest BCUT2D eigenvalue weighted by atomic mass is 10.1. The first-order chi connectivity index (χ1) is 7.56. The fourth-order valence-electron chi connectivity index (χ4n) is 1.13. The lowest BCUT2D eigenvalue weighted by Crippen LogP contribution is -2.04. The molecule has 0 aliphatic carbocycles. The van der Waals surface area contributed by atoms with E-state index < -0.39 is 23.2 Å². The number of ether oxygens (including phenoxy) is 1. The molecule has 0 saturated carbocycles. The van der Waals surface area contributed by atoms with E-state index in [-0.39, 0.29) is 12.2 Å². The molecule has 0 spiro atoms. The van der Waals surface area contributed by atoms with Gasteiger partial charge < -0.3 is 4.74 Å². The minimum Gasteiger partial charge on any atom is -0.488 e. The number of rotatable bonds is 5. The van der Waals surface area contributed by atoms with Gasteiger partial charge in [0.05, 0.1) is 6.61 Å². The summed E-state index contributed by atoms with van der Waals surface area (Å²) in [6.45, 7) is 1.37. The summed E-state index contributed by atoms with van der Waals surface area (Å²) >= 11 is 5.40. The van der Waals surface area contributed by atoms with Gasteiger partial charge in [-0.3, -0.25) is 4.79 Å². The molecule has 1 aromatic rings. The Balaban J connectivity index is 2.89. The molecule has 2 nitrogen and oxygen atoms in total. The maximum atomic E-state index is 13.3. The molecular formula is C11H11ClF2O2. The van der Waals surface area contributed by atoms with Gasteiger partial charge in [0.15, 0.2) is 23.2 Å². The van der Waals surface area contributed by atoms with E-state index in [0.29, 0.717) is 12.3 Å². The number of Topliss-reactive ketones (excluding diaryl/α,β-unsaturated/α-hetero) is 1. The van der Waals surface area contributed by atoms with Gasteiger partial charge in [0.25, 0.3) is 0 Å². The van der Waals surface area contributed by atoms with E-state index in [9.17, 15) is 13.6 Å². The number of carbonyl (C=O) groups excluding carboxylic acids is 1. The van der Waals surface area contributed by atoms with E-state index in [1.165, 1.54) is 6.92 Å². The maximum absolute atomic E-state index is 13.3. The predicted octanol–water partition coefficient (Wildman–Crippen LogP) is 3.18. The topological polar surface area (TPSA) is 26.3 Å². The number of carbonyl (C=O) groups is 1. The summed E-state index contributed by atoms with van der Waals surface area (Å²) in [7, 11) is 0. The summed E-state index contributed by atoms with van der Waals surface area (Å²) in [5, 5.41) is 0. The van der Waals surface area contributed by atoms with E-state index in [0.717, 1.165) is 12.1 Å². The number of ketones is 1. The third-order valence-corrected chi connectivity index (χ3v) is 2.20. The summed E-state index contributed by atoms with van der Waals surface area (Å²) < 4.78 is 31.6. The zero-order valence-corrected chi connectivity index (χ0v) is 9.48. The predicted molar refractivity (Wildman–Crippen MR) is 57.2 cm³/mol. The van der Waals surface area contributed by atoms with Crippen molar-refractivity contribution in [1.82, 2.24) is 0 Å². The Kier molecular flexibility index (Phi) is 4.68. The Labute approximate surface area is 97.2 Å². The molecule has 88 valence electrons. The van der Waals surface area contributed by atoms with Crippen molar-refractivity contribution in [2.45, 2.75) is 13.3 Å². The molecule has 16 heavy (non-hydrogen) atoms. The molecule has 1 rings (SSSR count). The van der Waals surface area contributed by atoms with E-state index in [4.69, 9.17) is 16.3 Å². The fraction of sp³-hybridized carbons (Fsp3) is 0.364. The second-order valence-corrected chi connectivity index (χ2v) is 3.59. The number of hydrogen-bond acceptors (Lipinski definition) is 2. The van der Waals surface area contributed by atoms with Crippen LogP contribution in [-0.4, -0.2) is 18.3 Å². The van der Waals surface area contributed by atoms with Crippen molar-refractivity contribution in [3.05, 3.63) is 29.3 Å². The van der Waals surface area contributed by atoms with Crippen molar-refractivity contribution in [3.63, 3.8) is 0 Å². The molecule has 0 aliphatic rings. The molecule has 0 aromatic heterocycles. The van der Waals surface area contributed by atoms with Gasteiger partial charge >= 0.3 is 0 Å². The van der Waals surface area contributed by atoms with Crippen LogP contribution in [0.4, 0.5) is 8.78 Å². The number of halogens is 3. The zero-order chi connectivity index (χ0) is 12.1. The molecule has 0 aliphatic heterocycles. The fourth-order valence-corrected chi connectivity index (χ4v) is 1.24. The van der Waals surface area contributed by atoms with Gasteiger partial charge in [-0.1, -0.05) is 0 Å². The first kappa shape index (κ1) is 12.9. The Hall–Kier alpha value is -1.16. The molecule has 0 atom stereocenters. The first-order valence-corrected chi connectivity index (χ1v) is 5.28. The Bertz CT molecular complexity index is 371. The molecule has 5 heteroatoms. The van der Waals surface area contributed by atoms with Crippen LogP contribution in [0, 0.1) is 11.6 Å². The van der Waals surface area contributed by atoms with Gasteiger partial charge in [-0.25, -0.2) is 8.78 Å². The van der Waals surface area contributed by atoms with Gasteiger partial charge in [-0.05, 0) is 25.5 Å². The van der Waals surface area contributed by atoms with Crippen molar-refractivity contribution in [1.29, 1.82) is 0 Å². The third kappa shape index (κ3) is 3.17. The lowest BCUT2D eigenvalue weighted by Gasteiger charge is -2.08. The van der Waals surface area contributed by atoms with Crippen molar-refractivity contribution in [2.75, 3.05) is 12.5 Å². The van der Waals surface area contributed by atoms with Gasteiger partial charge in [-0.15, -0.1) is 11.6 Å². The average molecular weight is 249 g/mol. The van der Waals surface area contributed by atoms with E-state index in [1.807, 2.05) is 0 Å². The molecule has 0 N–H and O–H groups in total. The summed E-state index contributed by atoms with van der Waals surface area (Å²) in [6, 6.07) is 1.92. The van der Waals surface area contributed by atoms with Gasteiger partial charge in [-0.2, -0.15) is 0 Å². The molecule has 0 radical (unpaired) electrons. The van der Waals surface area contributed by atoms with E-state index in [2.05, 4.69) is 0 Å². The molecule has 0 unspecified atom stereocenters. The normalized spacial score (nSPS) is 10.2. The molecular weight excluding hydrogens is 238 g/mol. The summed E-state index contributed by atoms with van der Waals surface area (Å²) in [5.41, 5.74) is -0.0142. The van der Waals surface area contributed by atoms with Crippen LogP contribution in [0.2, 0.25) is 0 Å². The minimum atomic E-state index is -0.875. The van der Waals surface area contributed by atoms with Crippen LogP contribution in [0.1, 0.15) is 23.7 Å².